The number of imidazole rings is 1. The molecule has 0 spiro atoms. The molecule has 26 heavy (non-hydrogen) atoms. The number of hydrogen-bond donors (Lipinski definition) is 0. The van der Waals surface area contributed by atoms with Crippen molar-refractivity contribution in [1.82, 2.24) is 19.4 Å². The van der Waals surface area contributed by atoms with Crippen molar-refractivity contribution in [3.63, 3.8) is 0 Å². The third-order valence-electron chi connectivity index (χ3n) is 4.47. The third kappa shape index (κ3) is 3.70. The maximum Gasteiger partial charge on any atom is 0.133 e. The Kier molecular flexibility index (Phi) is 4.84. The summed E-state index contributed by atoms with van der Waals surface area (Å²) < 4.78 is 8.93. The Bertz CT molecular complexity index is 883. The lowest BCUT2D eigenvalue weighted by Gasteiger charge is -2.35. The second kappa shape index (κ2) is 7.41. The van der Waals surface area contributed by atoms with Gasteiger partial charge in [-0.15, -0.1) is 0 Å². The van der Waals surface area contributed by atoms with E-state index in [2.05, 4.69) is 59.8 Å². The van der Waals surface area contributed by atoms with Crippen LogP contribution in [0, 0.1) is 6.92 Å². The van der Waals surface area contributed by atoms with Gasteiger partial charge in [-0.05, 0) is 47.1 Å². The summed E-state index contributed by atoms with van der Waals surface area (Å²) in [7, 11) is 0. The molecule has 0 fully saturated rings. The Balaban J connectivity index is 1.36. The van der Waals surface area contributed by atoms with E-state index in [-0.39, 0.29) is 0 Å². The van der Waals surface area contributed by atoms with Crippen LogP contribution in [0.3, 0.4) is 0 Å². The van der Waals surface area contributed by atoms with Crippen LogP contribution in [0.4, 0.5) is 0 Å². The molecule has 4 rings (SSSR count). The zero-order valence-electron chi connectivity index (χ0n) is 14.7. The Labute approximate surface area is 162 Å². The summed E-state index contributed by atoms with van der Waals surface area (Å²) in [5.74, 6) is 0.888. The Morgan fingerprint density at radius 2 is 1.96 bits per heavy atom. The van der Waals surface area contributed by atoms with Gasteiger partial charge in [0.2, 0.25) is 0 Å². The number of aromatic nitrogens is 2. The van der Waals surface area contributed by atoms with E-state index in [9.17, 15) is 0 Å². The molecule has 3 heterocycles. The summed E-state index contributed by atoms with van der Waals surface area (Å²) in [6, 6.07) is 7.95. The van der Waals surface area contributed by atoms with E-state index in [0.717, 1.165) is 41.2 Å². The molecule has 0 saturated heterocycles. The van der Waals surface area contributed by atoms with Crippen molar-refractivity contribution in [2.75, 3.05) is 26.2 Å². The van der Waals surface area contributed by atoms with Gasteiger partial charge in [-0.2, -0.15) is 0 Å². The van der Waals surface area contributed by atoms with E-state index >= 15 is 0 Å². The molecule has 6 heteroatoms. The molecule has 0 unspecified atom stereocenters. The Morgan fingerprint density at radius 3 is 2.77 bits per heavy atom. The van der Waals surface area contributed by atoms with Gasteiger partial charge in [0.15, 0.2) is 0 Å². The number of aryl methyl sites for hydroxylation is 1. The molecule has 0 radical (unpaired) electrons. The minimum Gasteiger partial charge on any atom is -0.491 e. The molecule has 134 valence electrons. The van der Waals surface area contributed by atoms with E-state index in [1.807, 2.05) is 43.7 Å². The summed E-state index contributed by atoms with van der Waals surface area (Å²) >= 11 is 3.52. The standard InChI is InChI=1S/C20H21BrN4O/c1-16-12-25(15-22-16)18-7-6-17-13-23(8-9-24(17)14-18)10-11-26-20-5-3-2-4-19(20)21/h2-7,12-15H,8-11H2,1H3. The van der Waals surface area contributed by atoms with Crippen LogP contribution < -0.4 is 4.74 Å². The largest absolute Gasteiger partial charge is 0.491 e. The predicted octanol–water partition coefficient (Wildman–Crippen LogP) is 3.86. The molecule has 0 N–H and O–H groups in total. The van der Waals surface area contributed by atoms with Crippen LogP contribution in [0.1, 0.15) is 5.69 Å². The molecule has 2 aliphatic rings. The first-order valence-corrected chi connectivity index (χ1v) is 9.49. The van der Waals surface area contributed by atoms with Crippen LogP contribution in [0.15, 0.2) is 71.5 Å². The highest BCUT2D eigenvalue weighted by molar-refractivity contribution is 9.10. The monoisotopic (exact) mass is 412 g/mol. The first kappa shape index (κ1) is 17.0. The van der Waals surface area contributed by atoms with E-state index < -0.39 is 0 Å². The molecule has 0 bridgehead atoms. The van der Waals surface area contributed by atoms with E-state index in [0.29, 0.717) is 6.61 Å². The van der Waals surface area contributed by atoms with Crippen molar-refractivity contribution in [2.24, 2.45) is 0 Å². The van der Waals surface area contributed by atoms with Crippen LogP contribution in [0.25, 0.3) is 5.70 Å². The molecular weight excluding hydrogens is 392 g/mol. The van der Waals surface area contributed by atoms with Gasteiger partial charge in [-0.25, -0.2) is 4.98 Å². The van der Waals surface area contributed by atoms with Gasteiger partial charge >= 0.3 is 0 Å². The lowest BCUT2D eigenvalue weighted by atomic mass is 10.2. The Morgan fingerprint density at radius 1 is 1.12 bits per heavy atom. The van der Waals surface area contributed by atoms with Crippen molar-refractivity contribution in [1.29, 1.82) is 0 Å². The predicted molar refractivity (Wildman–Crippen MR) is 106 cm³/mol. The van der Waals surface area contributed by atoms with Gasteiger partial charge in [-0.3, -0.25) is 0 Å². The number of ether oxygens (including phenoxy) is 1. The van der Waals surface area contributed by atoms with Crippen molar-refractivity contribution in [3.8, 4) is 5.75 Å². The Hall–Kier alpha value is -2.47. The summed E-state index contributed by atoms with van der Waals surface area (Å²) in [6.07, 6.45) is 12.6. The number of fused-ring (bicyclic) bond motifs is 1. The number of allylic oxidation sites excluding steroid dienone is 3. The van der Waals surface area contributed by atoms with E-state index in [4.69, 9.17) is 4.74 Å². The number of hydrogen-bond acceptors (Lipinski definition) is 4. The summed E-state index contributed by atoms with van der Waals surface area (Å²) in [6.45, 7) is 5.46. The normalized spacial score (nSPS) is 16.2. The van der Waals surface area contributed by atoms with Crippen LogP contribution in [0.2, 0.25) is 0 Å². The van der Waals surface area contributed by atoms with Gasteiger partial charge < -0.3 is 19.1 Å². The number of benzene rings is 1. The van der Waals surface area contributed by atoms with Gasteiger partial charge in [0.1, 0.15) is 12.4 Å². The molecule has 5 nitrogen and oxygen atoms in total. The molecule has 1 aromatic carbocycles. The van der Waals surface area contributed by atoms with E-state index in [1.54, 1.807) is 0 Å². The molecule has 0 aliphatic carbocycles. The molecular formula is C20H21BrN4O. The fourth-order valence-corrected chi connectivity index (χ4v) is 3.47. The number of rotatable bonds is 5. The fraction of sp³-hybridized carbons (Fsp3) is 0.250. The van der Waals surface area contributed by atoms with Crippen molar-refractivity contribution < 1.29 is 4.74 Å². The first-order chi connectivity index (χ1) is 12.7. The molecule has 1 aromatic heterocycles. The van der Waals surface area contributed by atoms with Gasteiger partial charge in [0, 0.05) is 31.7 Å². The van der Waals surface area contributed by atoms with Gasteiger partial charge in [0.25, 0.3) is 0 Å². The molecule has 2 aromatic rings. The third-order valence-corrected chi connectivity index (χ3v) is 5.13. The molecule has 0 atom stereocenters. The van der Waals surface area contributed by atoms with Gasteiger partial charge in [0.05, 0.1) is 34.4 Å². The van der Waals surface area contributed by atoms with Crippen LogP contribution >= 0.6 is 15.9 Å². The lowest BCUT2D eigenvalue weighted by Crippen LogP contribution is -2.38. The van der Waals surface area contributed by atoms with Crippen LogP contribution in [0.5, 0.6) is 5.75 Å². The second-order valence-corrected chi connectivity index (χ2v) is 7.23. The van der Waals surface area contributed by atoms with Crippen LogP contribution in [-0.2, 0) is 0 Å². The van der Waals surface area contributed by atoms with E-state index in [1.165, 1.54) is 5.70 Å². The minimum atomic E-state index is 0.658. The highest BCUT2D eigenvalue weighted by atomic mass is 79.9. The summed E-state index contributed by atoms with van der Waals surface area (Å²) in [5.41, 5.74) is 3.36. The lowest BCUT2D eigenvalue weighted by molar-refractivity contribution is 0.227. The fourth-order valence-electron chi connectivity index (χ4n) is 3.07. The number of nitrogens with zero attached hydrogens (tertiary/aromatic N) is 4. The molecule has 0 amide bonds. The van der Waals surface area contributed by atoms with Gasteiger partial charge in [-0.1, -0.05) is 12.1 Å². The maximum absolute atomic E-state index is 5.88. The first-order valence-electron chi connectivity index (χ1n) is 8.70. The SMILES string of the molecule is Cc1cn(C2=CN3CCN(CCOc4ccccc4Br)C=C3C=C2)cn1. The summed E-state index contributed by atoms with van der Waals surface area (Å²) in [4.78, 5) is 8.90. The van der Waals surface area contributed by atoms with Crippen LogP contribution in [-0.4, -0.2) is 45.6 Å². The molecule has 0 saturated carbocycles. The average Bonchev–Trinajstić information content (AvgIpc) is 3.09. The smallest absolute Gasteiger partial charge is 0.133 e. The molecule has 2 aliphatic heterocycles. The topological polar surface area (TPSA) is 33.5 Å². The highest BCUT2D eigenvalue weighted by Gasteiger charge is 2.18. The maximum atomic E-state index is 5.88. The minimum absolute atomic E-state index is 0.658. The number of para-hydroxylation sites is 1. The van der Waals surface area contributed by atoms with Crippen molar-refractivity contribution >= 4 is 21.6 Å². The summed E-state index contributed by atoms with van der Waals surface area (Å²) in [5, 5.41) is 0. The second-order valence-electron chi connectivity index (χ2n) is 6.37. The average molecular weight is 413 g/mol. The number of halogens is 1. The zero-order valence-corrected chi connectivity index (χ0v) is 16.3. The van der Waals surface area contributed by atoms with Crippen molar-refractivity contribution in [3.05, 3.63) is 77.2 Å². The highest BCUT2D eigenvalue weighted by Crippen LogP contribution is 2.25. The van der Waals surface area contributed by atoms with Crippen molar-refractivity contribution in [2.45, 2.75) is 6.92 Å². The quantitative estimate of drug-likeness (QED) is 0.746. The zero-order chi connectivity index (χ0) is 17.9.